The zero-order valence-corrected chi connectivity index (χ0v) is 14.8. The number of carbonyl (C=O) groups excluding carboxylic acids is 2. The molecule has 1 aliphatic carbocycles. The van der Waals surface area contributed by atoms with Gasteiger partial charge in [0.05, 0.1) is 0 Å². The molecule has 24 heavy (non-hydrogen) atoms. The fourth-order valence-corrected chi connectivity index (χ4v) is 3.96. The maximum Gasteiger partial charge on any atom is 0.223 e. The van der Waals surface area contributed by atoms with E-state index in [9.17, 15) is 9.59 Å². The lowest BCUT2D eigenvalue weighted by Gasteiger charge is -2.26. The van der Waals surface area contributed by atoms with Crippen LogP contribution in [0.3, 0.4) is 0 Å². The molecule has 3 rings (SSSR count). The van der Waals surface area contributed by atoms with E-state index in [2.05, 4.69) is 37.4 Å². The summed E-state index contributed by atoms with van der Waals surface area (Å²) in [7, 11) is 0. The van der Waals surface area contributed by atoms with Crippen LogP contribution in [0.15, 0.2) is 24.3 Å². The molecule has 1 saturated heterocycles. The second-order valence-corrected chi connectivity index (χ2v) is 7.14. The van der Waals surface area contributed by atoms with Gasteiger partial charge in [-0.25, -0.2) is 0 Å². The van der Waals surface area contributed by atoms with Crippen LogP contribution in [-0.4, -0.2) is 35.8 Å². The third-order valence-electron chi connectivity index (χ3n) is 5.51. The van der Waals surface area contributed by atoms with Crippen molar-refractivity contribution in [2.24, 2.45) is 5.92 Å². The van der Waals surface area contributed by atoms with Crippen LogP contribution in [-0.2, 0) is 9.59 Å². The van der Waals surface area contributed by atoms with Gasteiger partial charge in [0.15, 0.2) is 0 Å². The molecule has 2 amide bonds. The average molecular weight is 328 g/mol. The van der Waals surface area contributed by atoms with E-state index in [0.717, 1.165) is 32.2 Å². The normalized spacial score (nSPS) is 24.1. The monoisotopic (exact) mass is 328 g/mol. The fourth-order valence-electron chi connectivity index (χ4n) is 3.96. The number of nitrogens with zero attached hydrogens (tertiary/aromatic N) is 1. The van der Waals surface area contributed by atoms with E-state index in [1.807, 2.05) is 11.0 Å². The number of carbonyl (C=O) groups is 2. The van der Waals surface area contributed by atoms with E-state index in [4.69, 9.17) is 0 Å². The number of rotatable bonds is 7. The standard InChI is InChI=1S/C20H28N2O2/c1-3-15(22-12-6-9-19(22)23)10-11-21-20(24)18-13-17(18)16-8-5-4-7-14(16)2/h4-5,7-8,15,17-18H,3,6,9-13H2,1-2H3,(H,21,24)/t15-,17-,18-/m1/s1. The minimum atomic E-state index is 0.125. The van der Waals surface area contributed by atoms with Crippen molar-refractivity contribution in [3.8, 4) is 0 Å². The van der Waals surface area contributed by atoms with Crippen LogP contribution < -0.4 is 5.32 Å². The number of hydrogen-bond acceptors (Lipinski definition) is 2. The highest BCUT2D eigenvalue weighted by molar-refractivity contribution is 5.83. The molecule has 0 spiro atoms. The Morgan fingerprint density at radius 1 is 1.38 bits per heavy atom. The quantitative estimate of drug-likeness (QED) is 0.836. The van der Waals surface area contributed by atoms with E-state index in [-0.39, 0.29) is 23.8 Å². The van der Waals surface area contributed by atoms with Crippen LogP contribution in [0.2, 0.25) is 0 Å². The van der Waals surface area contributed by atoms with Gasteiger partial charge in [-0.15, -0.1) is 0 Å². The molecule has 4 heteroatoms. The lowest BCUT2D eigenvalue weighted by Crippen LogP contribution is -2.39. The topological polar surface area (TPSA) is 49.4 Å². The molecule has 2 aliphatic rings. The molecule has 1 heterocycles. The number of benzene rings is 1. The zero-order chi connectivity index (χ0) is 17.1. The van der Waals surface area contributed by atoms with Crippen LogP contribution in [0.25, 0.3) is 0 Å². The minimum absolute atomic E-state index is 0.125. The second-order valence-electron chi connectivity index (χ2n) is 7.14. The third kappa shape index (κ3) is 3.63. The molecule has 1 saturated carbocycles. The molecule has 2 fully saturated rings. The van der Waals surface area contributed by atoms with E-state index in [0.29, 0.717) is 18.9 Å². The Morgan fingerprint density at radius 3 is 2.83 bits per heavy atom. The van der Waals surface area contributed by atoms with Gasteiger partial charge in [0.1, 0.15) is 0 Å². The van der Waals surface area contributed by atoms with Gasteiger partial charge in [-0.1, -0.05) is 31.2 Å². The molecule has 1 aromatic rings. The molecular weight excluding hydrogens is 300 g/mol. The minimum Gasteiger partial charge on any atom is -0.356 e. The summed E-state index contributed by atoms with van der Waals surface area (Å²) in [6, 6.07) is 8.61. The maximum atomic E-state index is 12.4. The summed E-state index contributed by atoms with van der Waals surface area (Å²) in [4.78, 5) is 26.2. The SMILES string of the molecule is CC[C@H](CCNC(=O)[C@@H]1C[C@@H]1c1ccccc1C)N1CCCC1=O. The molecule has 1 aliphatic heterocycles. The number of hydrogen-bond donors (Lipinski definition) is 1. The number of amides is 2. The predicted molar refractivity (Wildman–Crippen MR) is 94.7 cm³/mol. The van der Waals surface area contributed by atoms with Crippen molar-refractivity contribution in [2.45, 2.75) is 57.9 Å². The Morgan fingerprint density at radius 2 is 2.17 bits per heavy atom. The van der Waals surface area contributed by atoms with Crippen molar-refractivity contribution >= 4 is 11.8 Å². The first kappa shape index (κ1) is 17.0. The Bertz CT molecular complexity index is 613. The van der Waals surface area contributed by atoms with Gasteiger partial charge in [-0.3, -0.25) is 9.59 Å². The number of likely N-dealkylation sites (tertiary alicyclic amines) is 1. The van der Waals surface area contributed by atoms with Crippen LogP contribution in [0.1, 0.15) is 56.1 Å². The molecule has 0 unspecified atom stereocenters. The average Bonchev–Trinajstić information content (AvgIpc) is 3.27. The van der Waals surface area contributed by atoms with Crippen molar-refractivity contribution < 1.29 is 9.59 Å². The maximum absolute atomic E-state index is 12.4. The Kier molecular flexibility index (Phi) is 5.22. The first-order valence-corrected chi connectivity index (χ1v) is 9.24. The molecule has 4 nitrogen and oxygen atoms in total. The van der Waals surface area contributed by atoms with Crippen molar-refractivity contribution in [1.29, 1.82) is 0 Å². The Labute approximate surface area is 144 Å². The largest absolute Gasteiger partial charge is 0.356 e. The lowest BCUT2D eigenvalue weighted by molar-refractivity contribution is -0.129. The van der Waals surface area contributed by atoms with Crippen LogP contribution in [0.5, 0.6) is 0 Å². The van der Waals surface area contributed by atoms with Gasteiger partial charge in [-0.2, -0.15) is 0 Å². The number of nitrogens with one attached hydrogen (secondary N) is 1. The molecule has 0 aromatic heterocycles. The summed E-state index contributed by atoms with van der Waals surface area (Å²) in [6.45, 7) is 5.77. The first-order valence-electron chi connectivity index (χ1n) is 9.24. The van der Waals surface area contributed by atoms with Crippen LogP contribution in [0, 0.1) is 12.8 Å². The van der Waals surface area contributed by atoms with Gasteiger partial charge in [-0.05, 0) is 49.7 Å². The summed E-state index contributed by atoms with van der Waals surface area (Å²) in [5.74, 6) is 0.953. The van der Waals surface area contributed by atoms with E-state index in [1.54, 1.807) is 0 Å². The Balaban J connectivity index is 1.45. The molecular formula is C20H28N2O2. The molecule has 1 aromatic carbocycles. The molecule has 1 N–H and O–H groups in total. The van der Waals surface area contributed by atoms with Gasteiger partial charge in [0.2, 0.25) is 11.8 Å². The smallest absolute Gasteiger partial charge is 0.223 e. The van der Waals surface area contributed by atoms with E-state index >= 15 is 0 Å². The second kappa shape index (κ2) is 7.37. The van der Waals surface area contributed by atoms with E-state index < -0.39 is 0 Å². The zero-order valence-electron chi connectivity index (χ0n) is 14.8. The van der Waals surface area contributed by atoms with Crippen molar-refractivity contribution in [3.63, 3.8) is 0 Å². The van der Waals surface area contributed by atoms with Gasteiger partial charge < -0.3 is 10.2 Å². The summed E-state index contributed by atoms with van der Waals surface area (Å²) in [6.07, 6.45) is 4.43. The highest BCUT2D eigenvalue weighted by Gasteiger charge is 2.44. The van der Waals surface area contributed by atoms with E-state index in [1.165, 1.54) is 11.1 Å². The van der Waals surface area contributed by atoms with Gasteiger partial charge in [0, 0.05) is 31.5 Å². The lowest BCUT2D eigenvalue weighted by atomic mass is 10.0. The van der Waals surface area contributed by atoms with Crippen molar-refractivity contribution in [2.75, 3.05) is 13.1 Å². The van der Waals surface area contributed by atoms with Gasteiger partial charge in [0.25, 0.3) is 0 Å². The summed E-state index contributed by atoms with van der Waals surface area (Å²) < 4.78 is 0. The van der Waals surface area contributed by atoms with Crippen LogP contribution in [0.4, 0.5) is 0 Å². The highest BCUT2D eigenvalue weighted by Crippen LogP contribution is 2.48. The molecule has 0 bridgehead atoms. The highest BCUT2D eigenvalue weighted by atomic mass is 16.2. The summed E-state index contributed by atoms with van der Waals surface area (Å²) in [5.41, 5.74) is 2.59. The molecule has 3 atom stereocenters. The first-order chi connectivity index (χ1) is 11.6. The Hall–Kier alpha value is -1.84. The molecule has 130 valence electrons. The summed E-state index contributed by atoms with van der Waals surface area (Å²) >= 11 is 0. The molecule has 0 radical (unpaired) electrons. The summed E-state index contributed by atoms with van der Waals surface area (Å²) in [5, 5.41) is 3.09. The van der Waals surface area contributed by atoms with Crippen LogP contribution >= 0.6 is 0 Å². The number of aryl methyl sites for hydroxylation is 1. The van der Waals surface area contributed by atoms with Crippen molar-refractivity contribution in [1.82, 2.24) is 10.2 Å². The predicted octanol–water partition coefficient (Wildman–Crippen LogP) is 3.01. The van der Waals surface area contributed by atoms with Crippen molar-refractivity contribution in [3.05, 3.63) is 35.4 Å². The fraction of sp³-hybridized carbons (Fsp3) is 0.600. The third-order valence-corrected chi connectivity index (χ3v) is 5.51. The van der Waals surface area contributed by atoms with Gasteiger partial charge >= 0.3 is 0 Å².